The van der Waals surface area contributed by atoms with Gasteiger partial charge in [-0.1, -0.05) is 22.4 Å². The number of halogens is 1. The third-order valence-electron chi connectivity index (χ3n) is 2.70. The first-order valence-corrected chi connectivity index (χ1v) is 7.21. The summed E-state index contributed by atoms with van der Waals surface area (Å²) in [6.45, 7) is 1.63. The van der Waals surface area contributed by atoms with Gasteiger partial charge < -0.3 is 0 Å². The summed E-state index contributed by atoms with van der Waals surface area (Å²) in [5, 5.41) is 8.91. The predicted octanol–water partition coefficient (Wildman–Crippen LogP) is 3.29. The molecule has 0 saturated heterocycles. The second-order valence-corrected chi connectivity index (χ2v) is 6.48. The van der Waals surface area contributed by atoms with E-state index in [0.29, 0.717) is 10.6 Å². The Hall–Kier alpha value is -1.52. The number of benzene rings is 1. The summed E-state index contributed by atoms with van der Waals surface area (Å²) in [6, 6.07) is 6.19. The predicted molar refractivity (Wildman–Crippen MR) is 73.0 cm³/mol. The molecule has 5 nitrogen and oxygen atoms in total. The van der Waals surface area contributed by atoms with Crippen LogP contribution < -0.4 is 0 Å². The Balaban J connectivity index is 2.43. The van der Waals surface area contributed by atoms with Crippen molar-refractivity contribution in [2.45, 2.75) is 11.8 Å². The van der Waals surface area contributed by atoms with Gasteiger partial charge >= 0.3 is 0 Å². The molecular formula is C12H11ClN2O3S. The van der Waals surface area contributed by atoms with Crippen molar-refractivity contribution >= 4 is 28.3 Å². The van der Waals surface area contributed by atoms with Crippen molar-refractivity contribution in [3.8, 4) is 6.07 Å². The van der Waals surface area contributed by atoms with Crippen LogP contribution in [-0.2, 0) is 0 Å². The molecule has 1 aromatic carbocycles. The summed E-state index contributed by atoms with van der Waals surface area (Å²) < 4.78 is 21.3. The standard InChI is InChI=1S/C12H11ClN2O3S/c1-8(4-5-14)7-15-12(16)10-6-9(13)2-3-11(10)19(15,17)18/h2-4,6,17-18H,7H2,1H3. The van der Waals surface area contributed by atoms with E-state index in [1.165, 1.54) is 24.3 Å². The zero-order chi connectivity index (χ0) is 14.2. The number of nitriles is 1. The highest BCUT2D eigenvalue weighted by Crippen LogP contribution is 2.58. The lowest BCUT2D eigenvalue weighted by Gasteiger charge is -2.37. The zero-order valence-corrected chi connectivity index (χ0v) is 11.6. The van der Waals surface area contributed by atoms with Gasteiger partial charge in [0.1, 0.15) is 0 Å². The van der Waals surface area contributed by atoms with E-state index < -0.39 is 16.7 Å². The van der Waals surface area contributed by atoms with Gasteiger partial charge in [0, 0.05) is 11.1 Å². The largest absolute Gasteiger partial charge is 0.277 e. The van der Waals surface area contributed by atoms with E-state index in [2.05, 4.69) is 0 Å². The van der Waals surface area contributed by atoms with Crippen LogP contribution in [0.5, 0.6) is 0 Å². The van der Waals surface area contributed by atoms with Crippen molar-refractivity contribution in [2.75, 3.05) is 6.54 Å². The van der Waals surface area contributed by atoms with E-state index in [-0.39, 0.29) is 17.0 Å². The minimum atomic E-state index is -3.35. The lowest BCUT2D eigenvalue weighted by Crippen LogP contribution is -2.29. The fraction of sp³-hybridized carbons (Fsp3) is 0.167. The van der Waals surface area contributed by atoms with Crippen molar-refractivity contribution in [1.29, 1.82) is 5.26 Å². The molecule has 0 aliphatic carbocycles. The van der Waals surface area contributed by atoms with Crippen LogP contribution in [0, 0.1) is 11.3 Å². The van der Waals surface area contributed by atoms with Gasteiger partial charge in [-0.3, -0.25) is 13.9 Å². The minimum absolute atomic E-state index is 0.0129. The lowest BCUT2D eigenvalue weighted by molar-refractivity contribution is 0.0870. The number of fused-ring (bicyclic) bond motifs is 1. The number of hydrogen-bond donors (Lipinski definition) is 2. The fourth-order valence-electron chi connectivity index (χ4n) is 1.82. The Morgan fingerprint density at radius 1 is 1.58 bits per heavy atom. The van der Waals surface area contributed by atoms with Crippen molar-refractivity contribution in [3.63, 3.8) is 0 Å². The molecular weight excluding hydrogens is 288 g/mol. The van der Waals surface area contributed by atoms with Crippen LogP contribution in [0.1, 0.15) is 17.3 Å². The van der Waals surface area contributed by atoms with Crippen molar-refractivity contribution in [3.05, 3.63) is 40.4 Å². The van der Waals surface area contributed by atoms with Gasteiger partial charge in [0.25, 0.3) is 5.91 Å². The van der Waals surface area contributed by atoms with E-state index in [0.717, 1.165) is 4.31 Å². The molecule has 0 unspecified atom stereocenters. The molecule has 0 bridgehead atoms. The number of amides is 1. The van der Waals surface area contributed by atoms with Crippen LogP contribution in [0.3, 0.4) is 0 Å². The molecule has 19 heavy (non-hydrogen) atoms. The van der Waals surface area contributed by atoms with Crippen LogP contribution in [0.15, 0.2) is 34.7 Å². The van der Waals surface area contributed by atoms with Crippen LogP contribution in [0.4, 0.5) is 0 Å². The number of allylic oxidation sites excluding steroid dienone is 1. The highest BCUT2D eigenvalue weighted by Gasteiger charge is 2.41. The van der Waals surface area contributed by atoms with Crippen molar-refractivity contribution in [2.24, 2.45) is 0 Å². The third kappa shape index (κ3) is 2.33. The van der Waals surface area contributed by atoms with Crippen LogP contribution in [0.25, 0.3) is 0 Å². The monoisotopic (exact) mass is 298 g/mol. The lowest BCUT2D eigenvalue weighted by atomic mass is 10.2. The van der Waals surface area contributed by atoms with Gasteiger partial charge in [0.05, 0.1) is 23.1 Å². The first-order valence-electron chi connectivity index (χ1n) is 5.33. The van der Waals surface area contributed by atoms with Gasteiger partial charge in [0.2, 0.25) is 0 Å². The number of nitrogens with zero attached hydrogens (tertiary/aromatic N) is 2. The molecule has 1 amide bonds. The van der Waals surface area contributed by atoms with Gasteiger partial charge in [-0.05, 0) is 30.7 Å². The highest BCUT2D eigenvalue weighted by molar-refractivity contribution is 8.23. The van der Waals surface area contributed by atoms with E-state index in [9.17, 15) is 13.9 Å². The molecule has 0 atom stereocenters. The third-order valence-corrected chi connectivity index (χ3v) is 4.80. The van der Waals surface area contributed by atoms with Gasteiger partial charge in [-0.25, -0.2) is 4.31 Å². The van der Waals surface area contributed by atoms with Crippen molar-refractivity contribution in [1.82, 2.24) is 4.31 Å². The average Bonchev–Trinajstić information content (AvgIpc) is 2.51. The second-order valence-electron chi connectivity index (χ2n) is 4.12. The van der Waals surface area contributed by atoms with E-state index in [1.807, 2.05) is 6.07 Å². The Morgan fingerprint density at radius 3 is 2.89 bits per heavy atom. The topological polar surface area (TPSA) is 84.6 Å². The van der Waals surface area contributed by atoms with Crippen LogP contribution in [0.2, 0.25) is 5.02 Å². The summed E-state index contributed by atoms with van der Waals surface area (Å²) in [6.07, 6.45) is 1.26. The molecule has 0 spiro atoms. The zero-order valence-electron chi connectivity index (χ0n) is 10.00. The molecule has 0 saturated carbocycles. The molecule has 1 aromatic rings. The first kappa shape index (κ1) is 13.9. The Kier molecular flexibility index (Phi) is 3.56. The maximum Gasteiger partial charge on any atom is 0.274 e. The van der Waals surface area contributed by atoms with E-state index >= 15 is 0 Å². The smallest absolute Gasteiger partial charge is 0.274 e. The highest BCUT2D eigenvalue weighted by atomic mass is 35.5. The van der Waals surface area contributed by atoms with Gasteiger partial charge in [-0.15, -0.1) is 0 Å². The van der Waals surface area contributed by atoms with Crippen LogP contribution >= 0.6 is 22.4 Å². The second kappa shape index (κ2) is 4.87. The number of carbonyl (C=O) groups is 1. The molecule has 1 aliphatic heterocycles. The van der Waals surface area contributed by atoms with Gasteiger partial charge in [-0.2, -0.15) is 5.26 Å². The Bertz CT molecular complexity index is 622. The molecule has 1 heterocycles. The molecule has 0 aromatic heterocycles. The van der Waals surface area contributed by atoms with Crippen molar-refractivity contribution < 1.29 is 13.9 Å². The van der Waals surface area contributed by atoms with E-state index in [1.54, 1.807) is 6.92 Å². The normalized spacial score (nSPS) is 19.0. The Labute approximate surface area is 117 Å². The summed E-state index contributed by atoms with van der Waals surface area (Å²) in [4.78, 5) is 12.3. The number of hydrogen-bond acceptors (Lipinski definition) is 4. The fourth-order valence-corrected chi connectivity index (χ4v) is 3.64. The Morgan fingerprint density at radius 2 is 2.26 bits per heavy atom. The quantitative estimate of drug-likeness (QED) is 0.821. The van der Waals surface area contributed by atoms with Crippen LogP contribution in [-0.4, -0.2) is 25.9 Å². The summed E-state index contributed by atoms with van der Waals surface area (Å²) >= 11 is 5.81. The molecule has 100 valence electrons. The minimum Gasteiger partial charge on any atom is -0.277 e. The maximum atomic E-state index is 12.2. The molecule has 2 N–H and O–H groups in total. The number of rotatable bonds is 2. The SMILES string of the molecule is CC(=CC#N)CN1C(=O)c2cc(Cl)ccc2S1(O)O. The maximum absolute atomic E-state index is 12.2. The van der Waals surface area contributed by atoms with Gasteiger partial charge in [0.15, 0.2) is 0 Å². The van der Waals surface area contributed by atoms with E-state index in [4.69, 9.17) is 16.9 Å². The molecule has 1 aliphatic rings. The average molecular weight is 299 g/mol. The molecule has 0 fully saturated rings. The molecule has 2 rings (SSSR count). The first-order chi connectivity index (χ1) is 8.87. The summed E-state index contributed by atoms with van der Waals surface area (Å²) in [7, 11) is -3.35. The molecule has 7 heteroatoms. The summed E-state index contributed by atoms with van der Waals surface area (Å²) in [5.74, 6) is -0.497. The molecule has 0 radical (unpaired) electrons. The summed E-state index contributed by atoms with van der Waals surface area (Å²) in [5.41, 5.74) is 0.756. The number of carbonyl (C=O) groups excluding carboxylic acids is 1.